The smallest absolute Gasteiger partial charge is 0.328 e. The SMILES string of the molecule is Cc1cccnc1C(=O)N[C@@H](C)C(=O)OC(C)(C)C. The Kier molecular flexibility index (Phi) is 4.64. The molecule has 19 heavy (non-hydrogen) atoms. The molecule has 0 unspecified atom stereocenters. The predicted octanol–water partition coefficient (Wildman–Crippen LogP) is 1.85. The summed E-state index contributed by atoms with van der Waals surface area (Å²) < 4.78 is 5.19. The second-order valence-corrected chi connectivity index (χ2v) is 5.40. The molecule has 0 spiro atoms. The summed E-state index contributed by atoms with van der Waals surface area (Å²) in [7, 11) is 0. The second kappa shape index (κ2) is 5.82. The van der Waals surface area contributed by atoms with Crippen molar-refractivity contribution in [2.24, 2.45) is 0 Å². The zero-order valence-electron chi connectivity index (χ0n) is 12.0. The van der Waals surface area contributed by atoms with E-state index in [0.717, 1.165) is 5.56 Å². The molecule has 104 valence electrons. The number of carbonyl (C=O) groups excluding carboxylic acids is 2. The van der Waals surface area contributed by atoms with Gasteiger partial charge in [-0.05, 0) is 46.2 Å². The molecule has 0 aromatic carbocycles. The van der Waals surface area contributed by atoms with Crippen molar-refractivity contribution in [2.45, 2.75) is 46.3 Å². The van der Waals surface area contributed by atoms with Crippen molar-refractivity contribution in [3.63, 3.8) is 0 Å². The fraction of sp³-hybridized carbons (Fsp3) is 0.500. The van der Waals surface area contributed by atoms with E-state index in [1.807, 2.05) is 0 Å². The van der Waals surface area contributed by atoms with Crippen molar-refractivity contribution in [2.75, 3.05) is 0 Å². The number of esters is 1. The molecule has 5 nitrogen and oxygen atoms in total. The minimum atomic E-state index is -0.715. The standard InChI is InChI=1S/C14H20N2O3/c1-9-7-6-8-15-11(9)12(17)16-10(2)13(18)19-14(3,4)5/h6-8,10H,1-5H3,(H,16,17)/t10-/m0/s1. The van der Waals surface area contributed by atoms with E-state index in [1.54, 1.807) is 52.9 Å². The molecular formula is C14H20N2O3. The largest absolute Gasteiger partial charge is 0.458 e. The van der Waals surface area contributed by atoms with Crippen LogP contribution in [-0.4, -0.2) is 28.5 Å². The van der Waals surface area contributed by atoms with Gasteiger partial charge in [-0.2, -0.15) is 0 Å². The van der Waals surface area contributed by atoms with Gasteiger partial charge in [0.05, 0.1) is 0 Å². The molecule has 0 radical (unpaired) electrons. The highest BCUT2D eigenvalue weighted by Crippen LogP contribution is 2.09. The molecule has 1 amide bonds. The van der Waals surface area contributed by atoms with E-state index in [4.69, 9.17) is 4.74 Å². The topological polar surface area (TPSA) is 68.3 Å². The van der Waals surface area contributed by atoms with E-state index in [9.17, 15) is 9.59 Å². The Hall–Kier alpha value is -1.91. The van der Waals surface area contributed by atoms with Crippen molar-refractivity contribution in [3.05, 3.63) is 29.6 Å². The average molecular weight is 264 g/mol. The number of aromatic nitrogens is 1. The number of ether oxygens (including phenoxy) is 1. The first-order valence-electron chi connectivity index (χ1n) is 6.16. The van der Waals surface area contributed by atoms with E-state index >= 15 is 0 Å². The Morgan fingerprint density at radius 2 is 2.00 bits per heavy atom. The molecule has 1 N–H and O–H groups in total. The van der Waals surface area contributed by atoms with Gasteiger partial charge in [-0.1, -0.05) is 6.07 Å². The van der Waals surface area contributed by atoms with Crippen LogP contribution in [0.5, 0.6) is 0 Å². The number of nitrogens with zero attached hydrogens (tertiary/aromatic N) is 1. The van der Waals surface area contributed by atoms with Gasteiger partial charge in [-0.3, -0.25) is 9.78 Å². The molecular weight excluding hydrogens is 244 g/mol. The minimum absolute atomic E-state index is 0.318. The number of carbonyl (C=O) groups is 2. The van der Waals surface area contributed by atoms with Crippen LogP contribution in [0.3, 0.4) is 0 Å². The van der Waals surface area contributed by atoms with E-state index < -0.39 is 17.6 Å². The van der Waals surface area contributed by atoms with Crippen LogP contribution in [0.4, 0.5) is 0 Å². The summed E-state index contributed by atoms with van der Waals surface area (Å²) in [5.41, 5.74) is 0.506. The van der Waals surface area contributed by atoms with Crippen molar-refractivity contribution >= 4 is 11.9 Å². The highest BCUT2D eigenvalue weighted by atomic mass is 16.6. The van der Waals surface area contributed by atoms with Crippen LogP contribution in [0.25, 0.3) is 0 Å². The van der Waals surface area contributed by atoms with Crippen molar-refractivity contribution in [3.8, 4) is 0 Å². The number of aryl methyl sites for hydroxylation is 1. The quantitative estimate of drug-likeness (QED) is 0.846. The summed E-state index contributed by atoms with van der Waals surface area (Å²) in [5, 5.41) is 2.58. The molecule has 0 saturated carbocycles. The lowest BCUT2D eigenvalue weighted by atomic mass is 10.2. The zero-order valence-corrected chi connectivity index (χ0v) is 12.0. The molecule has 0 fully saturated rings. The molecule has 0 saturated heterocycles. The third-order valence-corrected chi connectivity index (χ3v) is 2.33. The summed E-state index contributed by atoms with van der Waals surface area (Å²) in [5.74, 6) is -0.842. The average Bonchev–Trinajstić information content (AvgIpc) is 2.27. The van der Waals surface area contributed by atoms with Gasteiger partial charge in [-0.15, -0.1) is 0 Å². The molecule has 0 bridgehead atoms. The van der Waals surface area contributed by atoms with Gasteiger partial charge >= 0.3 is 5.97 Å². The molecule has 1 atom stereocenters. The lowest BCUT2D eigenvalue weighted by Crippen LogP contribution is -2.42. The highest BCUT2D eigenvalue weighted by Gasteiger charge is 2.24. The number of pyridine rings is 1. The van der Waals surface area contributed by atoms with E-state index in [1.165, 1.54) is 0 Å². The van der Waals surface area contributed by atoms with Crippen molar-refractivity contribution in [1.82, 2.24) is 10.3 Å². The van der Waals surface area contributed by atoms with Crippen LogP contribution >= 0.6 is 0 Å². The van der Waals surface area contributed by atoms with Gasteiger partial charge in [0.2, 0.25) is 0 Å². The molecule has 1 rings (SSSR count). The first kappa shape index (κ1) is 15.1. The Balaban J connectivity index is 2.67. The molecule has 1 aromatic rings. The normalized spacial score (nSPS) is 12.7. The maximum Gasteiger partial charge on any atom is 0.328 e. The molecule has 1 aromatic heterocycles. The lowest BCUT2D eigenvalue weighted by molar-refractivity contribution is -0.156. The lowest BCUT2D eigenvalue weighted by Gasteiger charge is -2.22. The summed E-state index contributed by atoms with van der Waals surface area (Å²) in [4.78, 5) is 27.7. The van der Waals surface area contributed by atoms with Gasteiger partial charge in [0, 0.05) is 6.20 Å². The molecule has 5 heteroatoms. The monoisotopic (exact) mass is 264 g/mol. The van der Waals surface area contributed by atoms with Crippen LogP contribution in [0.15, 0.2) is 18.3 Å². The van der Waals surface area contributed by atoms with Crippen LogP contribution in [0.1, 0.15) is 43.7 Å². The van der Waals surface area contributed by atoms with Gasteiger partial charge in [-0.25, -0.2) is 4.79 Å². The van der Waals surface area contributed by atoms with Crippen LogP contribution in [0.2, 0.25) is 0 Å². The highest BCUT2D eigenvalue weighted by molar-refractivity contribution is 5.96. The van der Waals surface area contributed by atoms with Gasteiger partial charge in [0.1, 0.15) is 17.3 Å². The van der Waals surface area contributed by atoms with Gasteiger partial charge in [0.25, 0.3) is 5.91 Å². The van der Waals surface area contributed by atoms with Crippen LogP contribution in [-0.2, 0) is 9.53 Å². The molecule has 0 aliphatic carbocycles. The number of rotatable bonds is 3. The number of amides is 1. The molecule has 0 aliphatic rings. The summed E-state index contributed by atoms with van der Waals surface area (Å²) in [6.07, 6.45) is 1.54. The van der Waals surface area contributed by atoms with Crippen LogP contribution < -0.4 is 5.32 Å². The maximum atomic E-state index is 12.0. The van der Waals surface area contributed by atoms with Crippen molar-refractivity contribution in [1.29, 1.82) is 0 Å². The van der Waals surface area contributed by atoms with E-state index in [-0.39, 0.29) is 5.91 Å². The fourth-order valence-corrected chi connectivity index (χ4v) is 1.44. The Labute approximate surface area is 113 Å². The summed E-state index contributed by atoms with van der Waals surface area (Å²) >= 11 is 0. The first-order valence-corrected chi connectivity index (χ1v) is 6.16. The molecule has 0 aliphatic heterocycles. The zero-order chi connectivity index (χ0) is 14.6. The summed E-state index contributed by atoms with van der Waals surface area (Å²) in [6, 6.07) is 2.83. The number of hydrogen-bond donors (Lipinski definition) is 1. The van der Waals surface area contributed by atoms with Gasteiger partial charge < -0.3 is 10.1 Å². The number of nitrogens with one attached hydrogen (secondary N) is 1. The fourth-order valence-electron chi connectivity index (χ4n) is 1.44. The van der Waals surface area contributed by atoms with Gasteiger partial charge in [0.15, 0.2) is 0 Å². The second-order valence-electron chi connectivity index (χ2n) is 5.40. The Morgan fingerprint density at radius 3 is 2.53 bits per heavy atom. The minimum Gasteiger partial charge on any atom is -0.458 e. The first-order chi connectivity index (χ1) is 8.70. The van der Waals surface area contributed by atoms with E-state index in [0.29, 0.717) is 5.69 Å². The molecule has 1 heterocycles. The predicted molar refractivity (Wildman–Crippen MR) is 71.7 cm³/mol. The Bertz CT molecular complexity index is 478. The van der Waals surface area contributed by atoms with Crippen molar-refractivity contribution < 1.29 is 14.3 Å². The third-order valence-electron chi connectivity index (χ3n) is 2.33. The number of hydrogen-bond acceptors (Lipinski definition) is 4. The van der Waals surface area contributed by atoms with Crippen LogP contribution in [0, 0.1) is 6.92 Å². The Morgan fingerprint density at radius 1 is 1.37 bits per heavy atom. The third kappa shape index (κ3) is 4.69. The van der Waals surface area contributed by atoms with E-state index in [2.05, 4.69) is 10.3 Å². The maximum absolute atomic E-state index is 12.0. The summed E-state index contributed by atoms with van der Waals surface area (Å²) in [6.45, 7) is 8.72.